The molecule has 1 aromatic heterocycles. The van der Waals surface area contributed by atoms with Crippen LogP contribution in [0.5, 0.6) is 0 Å². The van der Waals surface area contributed by atoms with E-state index in [-0.39, 0.29) is 25.3 Å². The number of nitrogens with one attached hydrogen (secondary N) is 1. The second-order valence-corrected chi connectivity index (χ2v) is 12.2. The van der Waals surface area contributed by atoms with Crippen molar-refractivity contribution in [1.29, 1.82) is 0 Å². The summed E-state index contributed by atoms with van der Waals surface area (Å²) >= 11 is 0. The number of halogens is 1. The molecule has 3 amide bonds. The summed E-state index contributed by atoms with van der Waals surface area (Å²) in [4.78, 5) is 29.8. The van der Waals surface area contributed by atoms with E-state index in [4.69, 9.17) is 4.52 Å². The molecule has 1 N–H and O–H groups in total. The number of urea groups is 1. The van der Waals surface area contributed by atoms with E-state index >= 15 is 0 Å². The summed E-state index contributed by atoms with van der Waals surface area (Å²) in [5.74, 6) is -1.08. The number of carbonyl (C=O) groups is 2. The minimum Gasteiger partial charge on any atom is -0.359 e. The number of sulfonamides is 1. The molecule has 0 spiro atoms. The fraction of sp³-hybridized carbons (Fsp3) is 0.542. The van der Waals surface area contributed by atoms with Gasteiger partial charge in [0.15, 0.2) is 5.76 Å². The molecule has 35 heavy (non-hydrogen) atoms. The normalized spacial score (nSPS) is 26.1. The van der Waals surface area contributed by atoms with Crippen LogP contribution >= 0.6 is 0 Å². The average Bonchev–Trinajstić information content (AvgIpc) is 3.38. The second-order valence-electron chi connectivity index (χ2n) is 10.2. The molecule has 2 heterocycles. The van der Waals surface area contributed by atoms with Gasteiger partial charge in [-0.3, -0.25) is 9.69 Å². The van der Waals surface area contributed by atoms with Gasteiger partial charge in [0.05, 0.1) is 23.4 Å². The monoisotopic (exact) mass is 504 g/mol. The summed E-state index contributed by atoms with van der Waals surface area (Å²) in [5.41, 5.74) is 0.954. The molecular formula is C24H29FN4O5S. The van der Waals surface area contributed by atoms with Crippen LogP contribution in [0, 0.1) is 18.7 Å². The van der Waals surface area contributed by atoms with Gasteiger partial charge >= 0.3 is 6.03 Å². The Bertz CT molecular complexity index is 1240. The zero-order valence-corrected chi connectivity index (χ0v) is 20.6. The van der Waals surface area contributed by atoms with Crippen molar-refractivity contribution in [2.24, 2.45) is 5.92 Å². The molecular weight excluding hydrogens is 475 g/mol. The lowest BCUT2D eigenvalue weighted by atomic mass is 9.80. The highest BCUT2D eigenvalue weighted by atomic mass is 32.2. The number of hydrogen-bond donors (Lipinski definition) is 1. The standard InChI is InChI=1S/C24H29FN4O5S/c1-15-11-18(34-26-15)14-29-22(30)20-12-19(35(32,33)27-24(2)9-10-24)7-8-21(20)28(23(29)31)13-16-3-5-17(25)6-4-16/h3-6,11,19-21,27H,7-10,12-14H2,1-2H3. The summed E-state index contributed by atoms with van der Waals surface area (Å²) in [6.07, 6.45) is 2.48. The van der Waals surface area contributed by atoms with Crippen molar-refractivity contribution in [2.45, 2.75) is 75.9 Å². The number of fused-ring (bicyclic) bond motifs is 1. The van der Waals surface area contributed by atoms with E-state index in [1.54, 1.807) is 30.0 Å². The molecule has 3 fully saturated rings. The number of nitrogens with zero attached hydrogens (tertiary/aromatic N) is 3. The van der Waals surface area contributed by atoms with Crippen LogP contribution in [0.3, 0.4) is 0 Å². The van der Waals surface area contributed by atoms with Gasteiger partial charge in [0.2, 0.25) is 15.9 Å². The highest BCUT2D eigenvalue weighted by Gasteiger charge is 2.52. The smallest absolute Gasteiger partial charge is 0.327 e. The molecule has 0 bridgehead atoms. The number of hydrogen-bond acceptors (Lipinski definition) is 6. The van der Waals surface area contributed by atoms with Crippen molar-refractivity contribution >= 4 is 22.0 Å². The van der Waals surface area contributed by atoms with Crippen molar-refractivity contribution in [3.8, 4) is 0 Å². The second kappa shape index (κ2) is 8.70. The fourth-order valence-corrected chi connectivity index (χ4v) is 7.07. The minimum absolute atomic E-state index is 0.0879. The third-order valence-electron chi connectivity index (χ3n) is 7.31. The Morgan fingerprint density at radius 2 is 1.89 bits per heavy atom. The predicted octanol–water partition coefficient (Wildman–Crippen LogP) is 3.10. The fourth-order valence-electron chi connectivity index (χ4n) is 5.11. The van der Waals surface area contributed by atoms with Crippen LogP contribution < -0.4 is 4.72 Å². The van der Waals surface area contributed by atoms with Crippen molar-refractivity contribution in [3.05, 3.63) is 53.2 Å². The Kier molecular flexibility index (Phi) is 5.95. The van der Waals surface area contributed by atoms with Crippen LogP contribution in [0.15, 0.2) is 34.9 Å². The Labute approximate surface area is 203 Å². The molecule has 2 aliphatic carbocycles. The van der Waals surface area contributed by atoms with Crippen LogP contribution in [-0.4, -0.2) is 52.1 Å². The molecule has 2 saturated carbocycles. The maximum absolute atomic E-state index is 13.5. The maximum atomic E-state index is 13.5. The van der Waals surface area contributed by atoms with Crippen LogP contribution in [0.25, 0.3) is 0 Å². The van der Waals surface area contributed by atoms with E-state index in [2.05, 4.69) is 9.88 Å². The van der Waals surface area contributed by atoms with Crippen molar-refractivity contribution in [2.75, 3.05) is 0 Å². The van der Waals surface area contributed by atoms with Crippen LogP contribution in [0.1, 0.15) is 56.0 Å². The molecule has 3 atom stereocenters. The zero-order valence-electron chi connectivity index (χ0n) is 19.7. The first-order valence-electron chi connectivity index (χ1n) is 11.9. The lowest BCUT2D eigenvalue weighted by Gasteiger charge is -2.48. The lowest BCUT2D eigenvalue weighted by Crippen LogP contribution is -2.63. The number of benzene rings is 1. The van der Waals surface area contributed by atoms with Gasteiger partial charge in [-0.15, -0.1) is 0 Å². The highest BCUT2D eigenvalue weighted by Crippen LogP contribution is 2.40. The van der Waals surface area contributed by atoms with E-state index in [1.807, 2.05) is 6.92 Å². The van der Waals surface area contributed by atoms with Gasteiger partial charge in [0.1, 0.15) is 5.82 Å². The van der Waals surface area contributed by atoms with Gasteiger partial charge in [-0.1, -0.05) is 17.3 Å². The molecule has 5 rings (SSSR count). The summed E-state index contributed by atoms with van der Waals surface area (Å²) in [5, 5.41) is 3.12. The van der Waals surface area contributed by atoms with Crippen LogP contribution in [0.2, 0.25) is 0 Å². The Hall–Kier alpha value is -2.79. The van der Waals surface area contributed by atoms with Crippen LogP contribution in [-0.2, 0) is 27.9 Å². The molecule has 9 nitrogen and oxygen atoms in total. The molecule has 3 unspecified atom stereocenters. The van der Waals surface area contributed by atoms with Gasteiger partial charge in [0.25, 0.3) is 0 Å². The van der Waals surface area contributed by atoms with Gasteiger partial charge in [0, 0.05) is 24.2 Å². The molecule has 3 aliphatic rings. The van der Waals surface area contributed by atoms with Gasteiger partial charge in [-0.25, -0.2) is 22.3 Å². The third-order valence-corrected chi connectivity index (χ3v) is 9.39. The molecule has 1 saturated heterocycles. The summed E-state index contributed by atoms with van der Waals surface area (Å²) < 4.78 is 47.7. The first-order chi connectivity index (χ1) is 16.5. The molecule has 1 aliphatic heterocycles. The topological polar surface area (TPSA) is 113 Å². The van der Waals surface area contributed by atoms with Crippen molar-refractivity contribution in [3.63, 3.8) is 0 Å². The van der Waals surface area contributed by atoms with E-state index in [0.717, 1.165) is 23.3 Å². The average molecular weight is 505 g/mol. The molecule has 2 aromatic rings. The Morgan fingerprint density at radius 3 is 2.51 bits per heavy atom. The lowest BCUT2D eigenvalue weighted by molar-refractivity contribution is -0.141. The molecule has 1 aromatic carbocycles. The summed E-state index contributed by atoms with van der Waals surface area (Å²) in [7, 11) is -3.61. The summed E-state index contributed by atoms with van der Waals surface area (Å²) in [6.45, 7) is 3.72. The Balaban J connectivity index is 1.43. The number of aromatic nitrogens is 1. The molecule has 0 radical (unpaired) electrons. The van der Waals surface area contributed by atoms with Crippen molar-refractivity contribution < 1.29 is 26.9 Å². The first-order valence-corrected chi connectivity index (χ1v) is 13.4. The quantitative estimate of drug-likeness (QED) is 0.620. The number of amides is 3. The number of rotatable bonds is 7. The van der Waals surface area contributed by atoms with Crippen LogP contribution in [0.4, 0.5) is 9.18 Å². The third kappa shape index (κ3) is 4.84. The zero-order chi connectivity index (χ0) is 25.0. The highest BCUT2D eigenvalue weighted by molar-refractivity contribution is 7.90. The van der Waals surface area contributed by atoms with E-state index in [0.29, 0.717) is 24.3 Å². The molecule has 11 heteroatoms. The number of carbonyl (C=O) groups excluding carboxylic acids is 2. The van der Waals surface area contributed by atoms with Crippen molar-refractivity contribution in [1.82, 2.24) is 19.7 Å². The van der Waals surface area contributed by atoms with Gasteiger partial charge in [-0.05, 0) is 63.6 Å². The van der Waals surface area contributed by atoms with E-state index < -0.39 is 44.7 Å². The summed E-state index contributed by atoms with van der Waals surface area (Å²) in [6, 6.07) is 6.62. The van der Waals surface area contributed by atoms with Gasteiger partial charge in [-0.2, -0.15) is 0 Å². The first kappa shape index (κ1) is 23.9. The maximum Gasteiger partial charge on any atom is 0.327 e. The predicted molar refractivity (Wildman–Crippen MR) is 124 cm³/mol. The number of aryl methyl sites for hydroxylation is 1. The SMILES string of the molecule is Cc1cc(CN2C(=O)C3CC(S(=O)(=O)NC4(C)CC4)CCC3N(Cc3ccc(F)cc3)C2=O)on1. The van der Waals surface area contributed by atoms with E-state index in [9.17, 15) is 22.4 Å². The number of imide groups is 1. The Morgan fingerprint density at radius 1 is 1.17 bits per heavy atom. The molecule has 188 valence electrons. The van der Waals surface area contributed by atoms with E-state index in [1.165, 1.54) is 12.1 Å². The largest absolute Gasteiger partial charge is 0.359 e. The minimum atomic E-state index is -3.61. The van der Waals surface area contributed by atoms with Gasteiger partial charge < -0.3 is 9.42 Å².